The molecular formula is C21H18ClNO3S. The minimum absolute atomic E-state index is 0.000940. The van der Waals surface area contributed by atoms with Crippen LogP contribution in [0.2, 0.25) is 5.02 Å². The Morgan fingerprint density at radius 2 is 1.89 bits per heavy atom. The van der Waals surface area contributed by atoms with Crippen LogP contribution >= 0.6 is 22.9 Å². The summed E-state index contributed by atoms with van der Waals surface area (Å²) in [6.45, 7) is 0. The lowest BCUT2D eigenvalue weighted by molar-refractivity contribution is -0.116. The van der Waals surface area contributed by atoms with Gasteiger partial charge in [-0.1, -0.05) is 29.8 Å². The van der Waals surface area contributed by atoms with Crippen LogP contribution < -0.4 is 14.8 Å². The predicted molar refractivity (Wildman–Crippen MR) is 109 cm³/mol. The summed E-state index contributed by atoms with van der Waals surface area (Å²) in [6.07, 6.45) is 0.385. The van der Waals surface area contributed by atoms with Gasteiger partial charge in [0.05, 0.1) is 19.9 Å². The number of nitrogens with one attached hydrogen (secondary N) is 1. The molecule has 2 heterocycles. The summed E-state index contributed by atoms with van der Waals surface area (Å²) in [5.74, 6) is 1.39. The van der Waals surface area contributed by atoms with E-state index >= 15 is 0 Å². The molecule has 1 aliphatic rings. The summed E-state index contributed by atoms with van der Waals surface area (Å²) in [5.41, 5.74) is 3.90. The van der Waals surface area contributed by atoms with Gasteiger partial charge in [0.2, 0.25) is 5.91 Å². The Morgan fingerprint density at radius 1 is 1.11 bits per heavy atom. The van der Waals surface area contributed by atoms with Gasteiger partial charge in [0.25, 0.3) is 0 Å². The zero-order valence-electron chi connectivity index (χ0n) is 14.9. The number of amides is 1. The molecule has 0 unspecified atom stereocenters. The van der Waals surface area contributed by atoms with E-state index in [1.54, 1.807) is 25.6 Å². The number of methoxy groups -OCH3 is 2. The third-order valence-electron chi connectivity index (χ3n) is 4.76. The Morgan fingerprint density at radius 3 is 2.59 bits per heavy atom. The van der Waals surface area contributed by atoms with Gasteiger partial charge in [-0.3, -0.25) is 4.79 Å². The summed E-state index contributed by atoms with van der Waals surface area (Å²) in [5, 5.41) is 5.83. The van der Waals surface area contributed by atoms with Gasteiger partial charge in [0.1, 0.15) is 11.5 Å². The van der Waals surface area contributed by atoms with Gasteiger partial charge in [-0.25, -0.2) is 0 Å². The van der Waals surface area contributed by atoms with Crippen molar-refractivity contribution < 1.29 is 14.3 Å². The Balaban J connectivity index is 1.81. The van der Waals surface area contributed by atoms with Crippen LogP contribution in [0.15, 0.2) is 47.8 Å². The number of benzene rings is 2. The number of hydrogen-bond donors (Lipinski definition) is 1. The summed E-state index contributed by atoms with van der Waals surface area (Å²) in [6, 6.07) is 13.4. The molecule has 3 aromatic rings. The van der Waals surface area contributed by atoms with Gasteiger partial charge >= 0.3 is 0 Å². The first-order valence-corrected chi connectivity index (χ1v) is 9.75. The molecule has 6 heteroatoms. The zero-order chi connectivity index (χ0) is 19.0. The maximum absolute atomic E-state index is 12.5. The Kier molecular flexibility index (Phi) is 4.81. The van der Waals surface area contributed by atoms with Crippen LogP contribution in [0.25, 0.3) is 11.1 Å². The molecule has 0 saturated heterocycles. The molecule has 138 valence electrons. The maximum Gasteiger partial charge on any atom is 0.225 e. The first-order chi connectivity index (χ1) is 13.1. The number of halogens is 1. The van der Waals surface area contributed by atoms with E-state index in [2.05, 4.69) is 10.7 Å². The second-order valence-electron chi connectivity index (χ2n) is 6.31. The highest BCUT2D eigenvalue weighted by Gasteiger charge is 2.32. The molecule has 0 bridgehead atoms. The number of rotatable bonds is 4. The maximum atomic E-state index is 12.5. The van der Waals surface area contributed by atoms with Crippen LogP contribution in [-0.4, -0.2) is 20.1 Å². The van der Waals surface area contributed by atoms with Crippen LogP contribution in [0.1, 0.15) is 22.8 Å². The van der Waals surface area contributed by atoms with Crippen LogP contribution in [0.4, 0.5) is 5.69 Å². The number of ether oxygens (including phenoxy) is 2. The highest BCUT2D eigenvalue weighted by Crippen LogP contribution is 2.48. The van der Waals surface area contributed by atoms with E-state index in [-0.39, 0.29) is 11.8 Å². The van der Waals surface area contributed by atoms with Gasteiger partial charge in [-0.2, -0.15) is 0 Å². The van der Waals surface area contributed by atoms with Crippen molar-refractivity contribution in [2.45, 2.75) is 12.3 Å². The molecule has 0 radical (unpaired) electrons. The summed E-state index contributed by atoms with van der Waals surface area (Å²) in [4.78, 5) is 13.6. The topological polar surface area (TPSA) is 47.6 Å². The molecule has 0 aliphatic carbocycles. The summed E-state index contributed by atoms with van der Waals surface area (Å²) >= 11 is 7.66. The fourth-order valence-electron chi connectivity index (χ4n) is 3.43. The molecule has 4 rings (SSSR count). The normalized spacial score (nSPS) is 15.8. The first-order valence-electron chi connectivity index (χ1n) is 8.49. The van der Waals surface area contributed by atoms with Crippen molar-refractivity contribution >= 4 is 34.5 Å². The number of fused-ring (bicyclic) bond motifs is 1. The van der Waals surface area contributed by atoms with E-state index in [1.165, 1.54) is 0 Å². The number of carbonyl (C=O) groups is 1. The molecule has 4 nitrogen and oxygen atoms in total. The third kappa shape index (κ3) is 3.29. The van der Waals surface area contributed by atoms with Crippen molar-refractivity contribution in [3.63, 3.8) is 0 Å². The van der Waals surface area contributed by atoms with Crippen LogP contribution in [0.3, 0.4) is 0 Å². The number of hydrogen-bond acceptors (Lipinski definition) is 4. The molecule has 1 amide bonds. The SMILES string of the molecule is COc1ccc([C@H]2CC(=O)Nc3c(-c4ccc(Cl)cc4)csc32)c(OC)c1. The van der Waals surface area contributed by atoms with E-state index in [1.807, 2.05) is 42.5 Å². The van der Waals surface area contributed by atoms with E-state index < -0.39 is 0 Å². The van der Waals surface area contributed by atoms with Gasteiger partial charge in [-0.15, -0.1) is 11.3 Å². The van der Waals surface area contributed by atoms with Crippen molar-refractivity contribution in [2.75, 3.05) is 19.5 Å². The summed E-state index contributed by atoms with van der Waals surface area (Å²) in [7, 11) is 3.26. The molecule has 0 saturated carbocycles. The summed E-state index contributed by atoms with van der Waals surface area (Å²) < 4.78 is 10.9. The highest BCUT2D eigenvalue weighted by atomic mass is 35.5. The van der Waals surface area contributed by atoms with Crippen LogP contribution in [0, 0.1) is 0 Å². The first kappa shape index (κ1) is 17.9. The molecule has 0 fully saturated rings. The van der Waals surface area contributed by atoms with Crippen molar-refractivity contribution in [1.29, 1.82) is 0 Å². The predicted octanol–water partition coefficient (Wildman–Crippen LogP) is 5.56. The number of thiophene rings is 1. The largest absolute Gasteiger partial charge is 0.497 e. The van der Waals surface area contributed by atoms with Gasteiger partial charge in [0, 0.05) is 44.8 Å². The Labute approximate surface area is 166 Å². The van der Waals surface area contributed by atoms with Crippen molar-refractivity contribution in [3.05, 3.63) is 63.3 Å². The van der Waals surface area contributed by atoms with Gasteiger partial charge in [-0.05, 0) is 23.8 Å². The zero-order valence-corrected chi connectivity index (χ0v) is 16.5. The van der Waals surface area contributed by atoms with E-state index in [9.17, 15) is 4.79 Å². The Bertz CT molecular complexity index is 997. The fourth-order valence-corrected chi connectivity index (χ4v) is 4.70. The smallest absolute Gasteiger partial charge is 0.225 e. The van der Waals surface area contributed by atoms with Crippen molar-refractivity contribution in [1.82, 2.24) is 0 Å². The lowest BCUT2D eigenvalue weighted by atomic mass is 9.88. The molecule has 27 heavy (non-hydrogen) atoms. The molecule has 1 aromatic heterocycles. The standard InChI is InChI=1S/C21H18ClNO3S/c1-25-14-7-8-15(18(9-14)26-2)16-10-19(24)23-20-17(11-27-21(16)20)12-3-5-13(22)6-4-12/h3-9,11,16H,10H2,1-2H3,(H,23,24)/t16-/m1/s1. The quantitative estimate of drug-likeness (QED) is 0.624. The average molecular weight is 400 g/mol. The second kappa shape index (κ2) is 7.25. The Hall–Kier alpha value is -2.50. The molecular weight excluding hydrogens is 382 g/mol. The number of carbonyl (C=O) groups excluding carboxylic acids is 1. The molecule has 0 spiro atoms. The van der Waals surface area contributed by atoms with Gasteiger partial charge in [0.15, 0.2) is 0 Å². The van der Waals surface area contributed by atoms with E-state index in [0.29, 0.717) is 11.4 Å². The van der Waals surface area contributed by atoms with Crippen molar-refractivity contribution in [2.24, 2.45) is 0 Å². The molecule has 1 aliphatic heterocycles. The van der Waals surface area contributed by atoms with Crippen molar-refractivity contribution in [3.8, 4) is 22.6 Å². The molecule has 1 atom stereocenters. The molecule has 2 aromatic carbocycles. The van der Waals surface area contributed by atoms with Crippen LogP contribution in [0.5, 0.6) is 11.5 Å². The average Bonchev–Trinajstić information content (AvgIpc) is 3.11. The van der Waals surface area contributed by atoms with Crippen LogP contribution in [-0.2, 0) is 4.79 Å². The second-order valence-corrected chi connectivity index (χ2v) is 7.66. The number of anilines is 1. The monoisotopic (exact) mass is 399 g/mol. The minimum atomic E-state index is -0.0549. The lowest BCUT2D eigenvalue weighted by Crippen LogP contribution is -2.22. The third-order valence-corrected chi connectivity index (χ3v) is 6.11. The van der Waals surface area contributed by atoms with E-state index in [4.69, 9.17) is 21.1 Å². The fraction of sp³-hybridized carbons (Fsp3) is 0.190. The van der Waals surface area contributed by atoms with E-state index in [0.717, 1.165) is 38.8 Å². The molecule has 1 N–H and O–H groups in total. The highest BCUT2D eigenvalue weighted by molar-refractivity contribution is 7.11. The lowest BCUT2D eigenvalue weighted by Gasteiger charge is -2.25. The minimum Gasteiger partial charge on any atom is -0.497 e. The van der Waals surface area contributed by atoms with Gasteiger partial charge < -0.3 is 14.8 Å².